The minimum Gasteiger partial charge on any atom is -0.388 e. The van der Waals surface area contributed by atoms with Crippen molar-refractivity contribution in [1.29, 1.82) is 0 Å². The summed E-state index contributed by atoms with van der Waals surface area (Å²) in [5.74, 6) is -0.298. The third-order valence-electron chi connectivity index (χ3n) is 4.31. The number of rotatable bonds is 2. The van der Waals surface area contributed by atoms with Crippen LogP contribution in [0.4, 0.5) is 0 Å². The Kier molecular flexibility index (Phi) is 3.69. The molecule has 2 N–H and O–H groups in total. The van der Waals surface area contributed by atoms with E-state index in [0.717, 1.165) is 0 Å². The van der Waals surface area contributed by atoms with Crippen LogP contribution in [0.1, 0.15) is 10.4 Å². The van der Waals surface area contributed by atoms with Crippen molar-refractivity contribution in [2.24, 2.45) is 0 Å². The van der Waals surface area contributed by atoms with Gasteiger partial charge in [-0.1, -0.05) is 17.7 Å². The number of aliphatic hydroxyl groups excluding tert-OH is 1. The number of aromatic nitrogens is 1. The monoisotopic (exact) mass is 334 g/mol. The van der Waals surface area contributed by atoms with Crippen LogP contribution in [0.3, 0.4) is 0 Å². The molecule has 0 unspecified atom stereocenters. The normalized spacial score (nSPS) is 29.7. The van der Waals surface area contributed by atoms with Gasteiger partial charge in [0.05, 0.1) is 35.4 Å². The molecule has 23 heavy (non-hydrogen) atoms. The van der Waals surface area contributed by atoms with E-state index in [-0.39, 0.29) is 30.8 Å². The highest BCUT2D eigenvalue weighted by molar-refractivity contribution is 6.35. The van der Waals surface area contributed by atoms with Gasteiger partial charge in [-0.2, -0.15) is 0 Å². The summed E-state index contributed by atoms with van der Waals surface area (Å²) in [4.78, 5) is 16.9. The zero-order valence-corrected chi connectivity index (χ0v) is 12.9. The number of fused-ring (bicyclic) bond motifs is 2. The largest absolute Gasteiger partial charge is 0.388 e. The van der Waals surface area contributed by atoms with E-state index in [2.05, 4.69) is 10.3 Å². The number of pyridine rings is 1. The van der Waals surface area contributed by atoms with Crippen LogP contribution < -0.4 is 5.32 Å². The van der Waals surface area contributed by atoms with E-state index in [4.69, 9.17) is 21.1 Å². The maximum absolute atomic E-state index is 12.7. The molecule has 0 spiro atoms. The minimum absolute atomic E-state index is 0.223. The lowest BCUT2D eigenvalue weighted by molar-refractivity contribution is 0.0178. The molecule has 1 aromatic heterocycles. The molecule has 4 rings (SSSR count). The van der Waals surface area contributed by atoms with Gasteiger partial charge < -0.3 is 19.9 Å². The Labute approximate surface area is 137 Å². The Morgan fingerprint density at radius 2 is 2.09 bits per heavy atom. The summed E-state index contributed by atoms with van der Waals surface area (Å²) in [7, 11) is 0. The van der Waals surface area contributed by atoms with Gasteiger partial charge in [0.25, 0.3) is 5.91 Å². The second kappa shape index (κ2) is 5.72. The second-order valence-corrected chi connectivity index (χ2v) is 6.14. The van der Waals surface area contributed by atoms with Gasteiger partial charge in [-0.25, -0.2) is 0 Å². The summed E-state index contributed by atoms with van der Waals surface area (Å²) < 4.78 is 11.0. The number of ether oxygens (including phenoxy) is 2. The molecule has 6 nitrogen and oxygen atoms in total. The van der Waals surface area contributed by atoms with Crippen molar-refractivity contribution >= 4 is 28.4 Å². The van der Waals surface area contributed by atoms with Crippen LogP contribution in [0.2, 0.25) is 5.02 Å². The van der Waals surface area contributed by atoms with Crippen molar-refractivity contribution in [3.8, 4) is 0 Å². The van der Waals surface area contributed by atoms with E-state index < -0.39 is 6.10 Å². The van der Waals surface area contributed by atoms with Crippen LogP contribution in [0.5, 0.6) is 0 Å². The molecule has 2 aromatic rings. The van der Waals surface area contributed by atoms with Crippen molar-refractivity contribution in [3.63, 3.8) is 0 Å². The van der Waals surface area contributed by atoms with E-state index in [9.17, 15) is 9.90 Å². The summed E-state index contributed by atoms with van der Waals surface area (Å²) in [6, 6.07) is 6.70. The van der Waals surface area contributed by atoms with Gasteiger partial charge in [0.15, 0.2) is 0 Å². The highest BCUT2D eigenvalue weighted by Gasteiger charge is 2.47. The number of carbonyl (C=O) groups excluding carboxylic acids is 1. The first-order chi connectivity index (χ1) is 11.1. The van der Waals surface area contributed by atoms with E-state index in [1.54, 1.807) is 24.4 Å². The predicted octanol–water partition coefficient (Wildman–Crippen LogP) is 1.15. The Morgan fingerprint density at radius 3 is 2.96 bits per heavy atom. The summed E-state index contributed by atoms with van der Waals surface area (Å²) in [6.45, 7) is 0.527. The zero-order valence-electron chi connectivity index (χ0n) is 12.1. The smallest absolute Gasteiger partial charge is 0.253 e. The number of amides is 1. The molecule has 2 aliphatic heterocycles. The van der Waals surface area contributed by atoms with Crippen LogP contribution in [0, 0.1) is 0 Å². The molecule has 4 atom stereocenters. The number of hydrogen-bond acceptors (Lipinski definition) is 5. The summed E-state index contributed by atoms with van der Waals surface area (Å²) in [5, 5.41) is 13.7. The van der Waals surface area contributed by atoms with Gasteiger partial charge in [0.1, 0.15) is 18.3 Å². The first-order valence-corrected chi connectivity index (χ1v) is 7.78. The van der Waals surface area contributed by atoms with Crippen LogP contribution in [-0.2, 0) is 9.47 Å². The van der Waals surface area contributed by atoms with Crippen molar-refractivity contribution in [2.75, 3.05) is 13.2 Å². The van der Waals surface area contributed by atoms with Gasteiger partial charge in [0, 0.05) is 11.6 Å². The van der Waals surface area contributed by atoms with Crippen LogP contribution >= 0.6 is 11.6 Å². The topological polar surface area (TPSA) is 80.7 Å². The molecule has 2 aliphatic rings. The Balaban J connectivity index is 1.62. The zero-order chi connectivity index (χ0) is 16.0. The van der Waals surface area contributed by atoms with Crippen molar-refractivity contribution in [2.45, 2.75) is 24.4 Å². The van der Waals surface area contributed by atoms with Gasteiger partial charge in [0.2, 0.25) is 0 Å². The van der Waals surface area contributed by atoms with Crippen LogP contribution in [0.15, 0.2) is 30.5 Å². The fourth-order valence-corrected chi connectivity index (χ4v) is 3.45. The lowest BCUT2D eigenvalue weighted by Gasteiger charge is -2.18. The minimum atomic E-state index is -0.646. The van der Waals surface area contributed by atoms with Crippen molar-refractivity contribution < 1.29 is 19.4 Å². The predicted molar refractivity (Wildman–Crippen MR) is 83.5 cm³/mol. The summed E-state index contributed by atoms with van der Waals surface area (Å²) >= 11 is 6.23. The number of benzene rings is 1. The van der Waals surface area contributed by atoms with Crippen molar-refractivity contribution in [1.82, 2.24) is 10.3 Å². The quantitative estimate of drug-likeness (QED) is 0.861. The number of carbonyl (C=O) groups is 1. The molecule has 0 bridgehead atoms. The SMILES string of the molecule is O=C(N[C@@H]1CO[C@H]2[C@@H]1OC[C@H]2O)c1c(Cl)ccc2ncccc12. The summed E-state index contributed by atoms with van der Waals surface area (Å²) in [6.07, 6.45) is 0.305. The molecule has 2 saturated heterocycles. The lowest BCUT2D eigenvalue weighted by Crippen LogP contribution is -2.44. The highest BCUT2D eigenvalue weighted by atomic mass is 35.5. The maximum atomic E-state index is 12.7. The molecule has 0 aliphatic carbocycles. The number of nitrogens with zero attached hydrogens (tertiary/aromatic N) is 1. The third kappa shape index (κ3) is 2.48. The van der Waals surface area contributed by atoms with E-state index in [1.165, 1.54) is 0 Å². The Morgan fingerprint density at radius 1 is 1.26 bits per heavy atom. The van der Waals surface area contributed by atoms with Gasteiger partial charge in [-0.15, -0.1) is 0 Å². The third-order valence-corrected chi connectivity index (χ3v) is 4.62. The Bertz CT molecular complexity index is 769. The van der Waals surface area contributed by atoms with E-state index in [0.29, 0.717) is 28.1 Å². The first kappa shape index (κ1) is 14.8. The van der Waals surface area contributed by atoms with Crippen LogP contribution in [0.25, 0.3) is 10.9 Å². The van der Waals surface area contributed by atoms with Gasteiger partial charge in [-0.05, 0) is 18.2 Å². The fraction of sp³-hybridized carbons (Fsp3) is 0.375. The molecular formula is C16H15ClN2O4. The van der Waals surface area contributed by atoms with Crippen LogP contribution in [-0.4, -0.2) is 53.6 Å². The maximum Gasteiger partial charge on any atom is 0.253 e. The molecule has 0 saturated carbocycles. The van der Waals surface area contributed by atoms with Gasteiger partial charge >= 0.3 is 0 Å². The molecule has 7 heteroatoms. The lowest BCUT2D eigenvalue weighted by atomic mass is 10.1. The van der Waals surface area contributed by atoms with Crippen molar-refractivity contribution in [3.05, 3.63) is 41.0 Å². The number of nitrogens with one attached hydrogen (secondary N) is 1. The standard InChI is InChI=1S/C16H15ClN2O4/c17-9-3-4-10-8(2-1-5-18-10)13(9)16(21)19-11-6-22-15-12(20)7-23-14(11)15/h1-5,11-12,14-15,20H,6-7H2,(H,19,21)/t11-,12-,14-,15-/m1/s1. The number of hydrogen-bond donors (Lipinski definition) is 2. The molecule has 1 amide bonds. The average Bonchev–Trinajstić information content (AvgIpc) is 3.11. The molecule has 1 aromatic carbocycles. The van der Waals surface area contributed by atoms with Gasteiger partial charge in [-0.3, -0.25) is 9.78 Å². The highest BCUT2D eigenvalue weighted by Crippen LogP contribution is 2.29. The molecule has 120 valence electrons. The Hall–Kier alpha value is -1.73. The summed E-state index contributed by atoms with van der Waals surface area (Å²) in [5.41, 5.74) is 1.09. The molecule has 3 heterocycles. The first-order valence-electron chi connectivity index (χ1n) is 7.40. The average molecular weight is 335 g/mol. The second-order valence-electron chi connectivity index (χ2n) is 5.74. The molecule has 0 radical (unpaired) electrons. The molecular weight excluding hydrogens is 320 g/mol. The van der Waals surface area contributed by atoms with E-state index >= 15 is 0 Å². The van der Waals surface area contributed by atoms with E-state index in [1.807, 2.05) is 6.07 Å². The number of halogens is 1. The molecule has 2 fully saturated rings. The number of aliphatic hydroxyl groups is 1. The fourth-order valence-electron chi connectivity index (χ4n) is 3.20.